The smallest absolute Gasteiger partial charge is 0.369 e. The van der Waals surface area contributed by atoms with E-state index >= 15 is 0 Å². The Balaban J connectivity index is 3.13. The first-order chi connectivity index (χ1) is 8.94. The van der Waals surface area contributed by atoms with Crippen molar-refractivity contribution in [3.63, 3.8) is 0 Å². The Labute approximate surface area is 116 Å². The van der Waals surface area contributed by atoms with Crippen LogP contribution in [0.5, 0.6) is 0 Å². The molecule has 0 aromatic carbocycles. The molecule has 0 spiro atoms. The zero-order valence-electron chi connectivity index (χ0n) is 10.6. The van der Waals surface area contributed by atoms with Crippen LogP contribution < -0.4 is 16.6 Å². The minimum absolute atomic E-state index is 0.0705. The first-order valence-electron chi connectivity index (χ1n) is 5.34. The van der Waals surface area contributed by atoms with Crippen LogP contribution >= 0.6 is 11.6 Å². The molecule has 1 heterocycles. The average Bonchev–Trinajstić information content (AvgIpc) is 2.27. The summed E-state index contributed by atoms with van der Waals surface area (Å²) in [6.45, 7) is 1.30. The van der Waals surface area contributed by atoms with Crippen LogP contribution in [0.4, 0.5) is 18.9 Å². The van der Waals surface area contributed by atoms with E-state index in [-0.39, 0.29) is 10.4 Å². The molecule has 1 aromatic rings. The summed E-state index contributed by atoms with van der Waals surface area (Å²) >= 11 is 5.68. The van der Waals surface area contributed by atoms with Gasteiger partial charge in [-0.3, -0.25) is 9.59 Å². The zero-order chi connectivity index (χ0) is 15.7. The number of amides is 1. The summed E-state index contributed by atoms with van der Waals surface area (Å²) < 4.78 is 36.8. The first kappa shape index (κ1) is 16.3. The molecule has 0 radical (unpaired) electrons. The number of nitrogens with zero attached hydrogens (tertiary/aromatic N) is 2. The SMILES string of the molecule is CC(C)(Nc1cnn(CC(F)(F)F)c(=O)c1Cl)C(N)=O. The van der Waals surface area contributed by atoms with Crippen molar-refractivity contribution in [2.75, 3.05) is 5.32 Å². The minimum Gasteiger partial charge on any atom is -0.369 e. The normalized spacial score (nSPS) is 12.3. The number of hydrogen-bond donors (Lipinski definition) is 2. The monoisotopic (exact) mass is 312 g/mol. The van der Waals surface area contributed by atoms with Gasteiger partial charge in [-0.05, 0) is 13.8 Å². The fraction of sp³-hybridized carbons (Fsp3) is 0.500. The van der Waals surface area contributed by atoms with E-state index in [9.17, 15) is 22.8 Å². The predicted molar refractivity (Wildman–Crippen MR) is 66.5 cm³/mol. The molecule has 0 saturated carbocycles. The Bertz CT molecular complexity index is 583. The van der Waals surface area contributed by atoms with Gasteiger partial charge in [0.1, 0.15) is 17.1 Å². The quantitative estimate of drug-likeness (QED) is 0.872. The number of primary amides is 1. The molecular formula is C10H12ClF3N4O2. The minimum atomic E-state index is -4.60. The van der Waals surface area contributed by atoms with Gasteiger partial charge >= 0.3 is 6.18 Å². The fourth-order valence-corrected chi connectivity index (χ4v) is 1.43. The molecule has 0 unspecified atom stereocenters. The number of anilines is 1. The molecule has 0 aliphatic carbocycles. The summed E-state index contributed by atoms with van der Waals surface area (Å²) in [5.41, 5.74) is 2.69. The van der Waals surface area contributed by atoms with Gasteiger partial charge in [-0.25, -0.2) is 4.68 Å². The maximum absolute atomic E-state index is 12.2. The molecule has 0 aliphatic rings. The standard InChI is InChI=1S/C10H12ClF3N4O2/c1-9(2,8(15)20)17-5-3-16-18(4-10(12,13)14)7(19)6(5)11/h3,17H,4H2,1-2H3,(H2,15,20). The highest BCUT2D eigenvalue weighted by Gasteiger charge is 2.31. The largest absolute Gasteiger partial charge is 0.408 e. The van der Waals surface area contributed by atoms with Crippen molar-refractivity contribution in [3.8, 4) is 0 Å². The maximum atomic E-state index is 12.2. The van der Waals surface area contributed by atoms with Crippen molar-refractivity contribution in [1.82, 2.24) is 9.78 Å². The van der Waals surface area contributed by atoms with Crippen molar-refractivity contribution in [3.05, 3.63) is 21.6 Å². The number of hydrogen-bond acceptors (Lipinski definition) is 4. The van der Waals surface area contributed by atoms with Crippen molar-refractivity contribution in [1.29, 1.82) is 0 Å². The summed E-state index contributed by atoms with van der Waals surface area (Å²) in [6, 6.07) is 0. The number of carbonyl (C=O) groups is 1. The lowest BCUT2D eigenvalue weighted by atomic mass is 10.1. The van der Waals surface area contributed by atoms with Gasteiger partial charge in [0.05, 0.1) is 11.9 Å². The lowest BCUT2D eigenvalue weighted by molar-refractivity contribution is -0.143. The molecule has 0 saturated heterocycles. The molecule has 20 heavy (non-hydrogen) atoms. The molecule has 0 atom stereocenters. The van der Waals surface area contributed by atoms with Gasteiger partial charge in [0, 0.05) is 0 Å². The molecular weight excluding hydrogens is 301 g/mol. The summed E-state index contributed by atoms with van der Waals surface area (Å²) in [4.78, 5) is 22.8. The van der Waals surface area contributed by atoms with E-state index in [0.717, 1.165) is 6.20 Å². The third kappa shape index (κ3) is 3.86. The van der Waals surface area contributed by atoms with Gasteiger partial charge in [0.25, 0.3) is 5.56 Å². The number of rotatable bonds is 4. The highest BCUT2D eigenvalue weighted by molar-refractivity contribution is 6.33. The topological polar surface area (TPSA) is 90.0 Å². The maximum Gasteiger partial charge on any atom is 0.408 e. The number of aromatic nitrogens is 2. The molecule has 1 aromatic heterocycles. The van der Waals surface area contributed by atoms with Crippen molar-refractivity contribution in [2.45, 2.75) is 32.1 Å². The summed E-state index contributed by atoms with van der Waals surface area (Å²) in [6.07, 6.45) is -3.66. The molecule has 0 bridgehead atoms. The average molecular weight is 313 g/mol. The predicted octanol–water partition coefficient (Wildman–Crippen LogP) is 1.13. The van der Waals surface area contributed by atoms with E-state index < -0.39 is 34.7 Å². The molecule has 0 aliphatic heterocycles. The van der Waals surface area contributed by atoms with Crippen LogP contribution in [0, 0.1) is 0 Å². The first-order valence-corrected chi connectivity index (χ1v) is 5.72. The molecule has 112 valence electrons. The van der Waals surface area contributed by atoms with Crippen LogP contribution in [-0.2, 0) is 11.3 Å². The Kier molecular flexibility index (Phi) is 4.33. The van der Waals surface area contributed by atoms with Gasteiger partial charge in [-0.1, -0.05) is 11.6 Å². The number of nitrogens with two attached hydrogens (primary N) is 1. The summed E-state index contributed by atoms with van der Waals surface area (Å²) in [5.74, 6) is -0.729. The van der Waals surface area contributed by atoms with E-state index in [2.05, 4.69) is 10.4 Å². The second-order valence-electron chi connectivity index (χ2n) is 4.56. The van der Waals surface area contributed by atoms with Crippen LogP contribution in [0.3, 0.4) is 0 Å². The van der Waals surface area contributed by atoms with Gasteiger partial charge in [-0.15, -0.1) is 0 Å². The van der Waals surface area contributed by atoms with Gasteiger partial charge in [0.2, 0.25) is 5.91 Å². The Morgan fingerprint density at radius 1 is 1.50 bits per heavy atom. The number of nitrogens with one attached hydrogen (secondary N) is 1. The van der Waals surface area contributed by atoms with Crippen molar-refractivity contribution >= 4 is 23.2 Å². The number of alkyl halides is 3. The summed E-state index contributed by atoms with van der Waals surface area (Å²) in [5, 5.41) is 5.41. The lowest BCUT2D eigenvalue weighted by Crippen LogP contribution is -2.45. The van der Waals surface area contributed by atoms with E-state index in [0.29, 0.717) is 0 Å². The molecule has 10 heteroatoms. The number of halogens is 4. The second kappa shape index (κ2) is 5.31. The number of carbonyl (C=O) groups excluding carboxylic acids is 1. The van der Waals surface area contributed by atoms with Gasteiger partial charge in [-0.2, -0.15) is 18.3 Å². The van der Waals surface area contributed by atoms with Crippen LogP contribution in [0.2, 0.25) is 5.02 Å². The lowest BCUT2D eigenvalue weighted by Gasteiger charge is -2.24. The van der Waals surface area contributed by atoms with Gasteiger partial charge in [0.15, 0.2) is 0 Å². The van der Waals surface area contributed by atoms with E-state index in [1.807, 2.05) is 0 Å². The highest BCUT2D eigenvalue weighted by atomic mass is 35.5. The molecule has 1 rings (SSSR count). The molecule has 1 amide bonds. The Morgan fingerprint density at radius 3 is 2.50 bits per heavy atom. The molecule has 6 nitrogen and oxygen atoms in total. The van der Waals surface area contributed by atoms with Crippen LogP contribution in [0.1, 0.15) is 13.8 Å². The zero-order valence-corrected chi connectivity index (χ0v) is 11.3. The van der Waals surface area contributed by atoms with E-state index in [1.54, 1.807) is 0 Å². The highest BCUT2D eigenvalue weighted by Crippen LogP contribution is 2.21. The Hall–Kier alpha value is -1.77. The Morgan fingerprint density at radius 2 is 2.05 bits per heavy atom. The molecule has 3 N–H and O–H groups in total. The van der Waals surface area contributed by atoms with Crippen molar-refractivity contribution in [2.24, 2.45) is 5.73 Å². The second-order valence-corrected chi connectivity index (χ2v) is 4.94. The third-order valence-electron chi connectivity index (χ3n) is 2.38. The van der Waals surface area contributed by atoms with E-state index in [1.165, 1.54) is 13.8 Å². The van der Waals surface area contributed by atoms with E-state index in [4.69, 9.17) is 17.3 Å². The van der Waals surface area contributed by atoms with Gasteiger partial charge < -0.3 is 11.1 Å². The molecule has 0 fully saturated rings. The fourth-order valence-electron chi connectivity index (χ4n) is 1.23. The third-order valence-corrected chi connectivity index (χ3v) is 2.74. The van der Waals surface area contributed by atoms with Crippen LogP contribution in [-0.4, -0.2) is 27.4 Å². The van der Waals surface area contributed by atoms with Crippen LogP contribution in [0.25, 0.3) is 0 Å². The summed E-state index contributed by atoms with van der Waals surface area (Å²) in [7, 11) is 0. The van der Waals surface area contributed by atoms with Crippen molar-refractivity contribution < 1.29 is 18.0 Å². The van der Waals surface area contributed by atoms with Crippen LogP contribution in [0.15, 0.2) is 11.0 Å².